The van der Waals surface area contributed by atoms with E-state index in [0.29, 0.717) is 18.3 Å². The van der Waals surface area contributed by atoms with Gasteiger partial charge in [0, 0.05) is 35.6 Å². The van der Waals surface area contributed by atoms with Crippen molar-refractivity contribution in [1.29, 1.82) is 0 Å². The summed E-state index contributed by atoms with van der Waals surface area (Å²) >= 11 is 3.75. The molecule has 0 radical (unpaired) electrons. The van der Waals surface area contributed by atoms with Gasteiger partial charge in [0.15, 0.2) is 0 Å². The second kappa shape index (κ2) is 7.70. The Morgan fingerprint density at radius 3 is 2.50 bits per heavy atom. The van der Waals surface area contributed by atoms with Crippen molar-refractivity contribution in [2.75, 3.05) is 23.8 Å². The van der Waals surface area contributed by atoms with E-state index in [1.54, 1.807) is 0 Å². The van der Waals surface area contributed by atoms with Crippen LogP contribution in [-0.2, 0) is 22.3 Å². The van der Waals surface area contributed by atoms with Crippen LogP contribution in [0.4, 0.5) is 0 Å². The standard InChI is InChI=1S/C13H20N2O2S3/c14-7-11-1-3-12(4-2-11)10-20(16,17)15-8-13-9-18-5-6-19-13/h1-4,13,15H,5-10,14H2. The fourth-order valence-corrected chi connectivity index (χ4v) is 5.82. The summed E-state index contributed by atoms with van der Waals surface area (Å²) in [6.45, 7) is 1.00. The largest absolute Gasteiger partial charge is 0.326 e. The molecule has 7 heteroatoms. The van der Waals surface area contributed by atoms with Crippen molar-refractivity contribution in [3.63, 3.8) is 0 Å². The van der Waals surface area contributed by atoms with Crippen molar-refractivity contribution in [3.8, 4) is 0 Å². The predicted octanol–water partition coefficient (Wildman–Crippen LogP) is 1.41. The first-order valence-electron chi connectivity index (χ1n) is 6.53. The normalized spacial score (nSPS) is 19.9. The van der Waals surface area contributed by atoms with Crippen LogP contribution in [0.3, 0.4) is 0 Å². The monoisotopic (exact) mass is 332 g/mol. The summed E-state index contributed by atoms with van der Waals surface area (Å²) in [5, 5.41) is 0.392. The first kappa shape index (κ1) is 16.2. The second-order valence-electron chi connectivity index (χ2n) is 4.70. The van der Waals surface area contributed by atoms with Gasteiger partial charge >= 0.3 is 0 Å². The molecule has 0 aliphatic carbocycles. The van der Waals surface area contributed by atoms with E-state index in [0.717, 1.165) is 22.6 Å². The Kier molecular flexibility index (Phi) is 6.22. The Balaban J connectivity index is 1.85. The quantitative estimate of drug-likeness (QED) is 0.824. The SMILES string of the molecule is NCc1ccc(CS(=O)(=O)NCC2CSCCS2)cc1. The van der Waals surface area contributed by atoms with Crippen molar-refractivity contribution in [1.82, 2.24) is 4.72 Å². The first-order chi connectivity index (χ1) is 9.59. The van der Waals surface area contributed by atoms with E-state index in [2.05, 4.69) is 4.72 Å². The third kappa shape index (κ3) is 5.29. The molecule has 4 nitrogen and oxygen atoms in total. The number of rotatable bonds is 6. The zero-order valence-electron chi connectivity index (χ0n) is 11.2. The Morgan fingerprint density at radius 2 is 1.90 bits per heavy atom. The molecule has 1 aromatic rings. The summed E-state index contributed by atoms with van der Waals surface area (Å²) in [4.78, 5) is 0. The maximum atomic E-state index is 12.0. The van der Waals surface area contributed by atoms with E-state index >= 15 is 0 Å². The lowest BCUT2D eigenvalue weighted by molar-refractivity contribution is 0.580. The first-order valence-corrected chi connectivity index (χ1v) is 10.4. The highest BCUT2D eigenvalue weighted by atomic mass is 32.2. The van der Waals surface area contributed by atoms with Gasteiger partial charge in [0.2, 0.25) is 10.0 Å². The molecule has 112 valence electrons. The number of sulfonamides is 1. The lowest BCUT2D eigenvalue weighted by Crippen LogP contribution is -2.34. The Morgan fingerprint density at radius 1 is 1.20 bits per heavy atom. The molecule has 20 heavy (non-hydrogen) atoms. The number of nitrogens with one attached hydrogen (secondary N) is 1. The van der Waals surface area contributed by atoms with E-state index in [4.69, 9.17) is 5.73 Å². The van der Waals surface area contributed by atoms with Crippen LogP contribution in [-0.4, -0.2) is 37.5 Å². The summed E-state index contributed by atoms with van der Waals surface area (Å²) in [5.74, 6) is 3.33. The van der Waals surface area contributed by atoms with E-state index in [1.807, 2.05) is 47.8 Å². The highest BCUT2D eigenvalue weighted by molar-refractivity contribution is 8.06. The van der Waals surface area contributed by atoms with Gasteiger partial charge in [-0.1, -0.05) is 24.3 Å². The van der Waals surface area contributed by atoms with Crippen molar-refractivity contribution in [2.24, 2.45) is 5.73 Å². The molecule has 0 amide bonds. The van der Waals surface area contributed by atoms with Gasteiger partial charge in [0.05, 0.1) is 5.75 Å². The van der Waals surface area contributed by atoms with Crippen LogP contribution in [0.5, 0.6) is 0 Å². The Hall–Kier alpha value is -0.210. The molecule has 1 saturated heterocycles. The molecule has 1 atom stereocenters. The van der Waals surface area contributed by atoms with E-state index in [9.17, 15) is 8.42 Å². The highest BCUT2D eigenvalue weighted by Crippen LogP contribution is 2.23. The van der Waals surface area contributed by atoms with Crippen LogP contribution in [0, 0.1) is 0 Å². The number of thioether (sulfide) groups is 2. The number of nitrogens with two attached hydrogens (primary N) is 1. The average molecular weight is 333 g/mol. The third-order valence-corrected chi connectivity index (χ3v) is 7.20. The summed E-state index contributed by atoms with van der Waals surface area (Å²) in [7, 11) is -3.26. The van der Waals surface area contributed by atoms with Crippen molar-refractivity contribution < 1.29 is 8.42 Å². The molecule has 2 rings (SSSR count). The van der Waals surface area contributed by atoms with Crippen molar-refractivity contribution in [2.45, 2.75) is 17.5 Å². The van der Waals surface area contributed by atoms with Crippen molar-refractivity contribution in [3.05, 3.63) is 35.4 Å². The van der Waals surface area contributed by atoms with Crippen LogP contribution in [0.1, 0.15) is 11.1 Å². The van der Waals surface area contributed by atoms with Crippen LogP contribution < -0.4 is 10.5 Å². The maximum absolute atomic E-state index is 12.0. The molecule has 0 bridgehead atoms. The van der Waals surface area contributed by atoms with Crippen LogP contribution in [0.25, 0.3) is 0 Å². The van der Waals surface area contributed by atoms with Gasteiger partial charge in [-0.2, -0.15) is 23.5 Å². The van der Waals surface area contributed by atoms with Crippen LogP contribution >= 0.6 is 23.5 Å². The zero-order valence-corrected chi connectivity index (χ0v) is 13.7. The molecule has 1 aliphatic heterocycles. The predicted molar refractivity (Wildman–Crippen MR) is 88.5 cm³/mol. The molecule has 1 unspecified atom stereocenters. The zero-order chi connectivity index (χ0) is 14.4. The summed E-state index contributed by atoms with van der Waals surface area (Å²) in [6, 6.07) is 7.40. The van der Waals surface area contributed by atoms with E-state index in [-0.39, 0.29) is 5.75 Å². The van der Waals surface area contributed by atoms with E-state index < -0.39 is 10.0 Å². The van der Waals surface area contributed by atoms with E-state index in [1.165, 1.54) is 5.75 Å². The lowest BCUT2D eigenvalue weighted by Gasteiger charge is -2.21. The molecule has 1 heterocycles. The summed E-state index contributed by atoms with van der Waals surface area (Å²) in [6.07, 6.45) is 0. The summed E-state index contributed by atoms with van der Waals surface area (Å²) in [5.41, 5.74) is 7.32. The lowest BCUT2D eigenvalue weighted by atomic mass is 10.1. The third-order valence-electron chi connectivity index (χ3n) is 3.03. The molecular formula is C13H20N2O2S3. The Labute approximate surface area is 129 Å². The minimum absolute atomic E-state index is 0.0301. The number of hydrogen-bond donors (Lipinski definition) is 2. The highest BCUT2D eigenvalue weighted by Gasteiger charge is 2.18. The second-order valence-corrected chi connectivity index (χ2v) is 9.06. The smallest absolute Gasteiger partial charge is 0.215 e. The van der Waals surface area contributed by atoms with Gasteiger partial charge in [0.25, 0.3) is 0 Å². The van der Waals surface area contributed by atoms with Gasteiger partial charge in [-0.3, -0.25) is 0 Å². The topological polar surface area (TPSA) is 72.2 Å². The Bertz CT molecular complexity index is 511. The fourth-order valence-electron chi connectivity index (χ4n) is 1.92. The molecule has 1 aliphatic rings. The van der Waals surface area contributed by atoms with Crippen LogP contribution in [0.2, 0.25) is 0 Å². The van der Waals surface area contributed by atoms with Gasteiger partial charge in [-0.15, -0.1) is 0 Å². The minimum Gasteiger partial charge on any atom is -0.326 e. The number of benzene rings is 1. The fraction of sp³-hybridized carbons (Fsp3) is 0.538. The number of hydrogen-bond acceptors (Lipinski definition) is 5. The van der Waals surface area contributed by atoms with Gasteiger partial charge in [-0.05, 0) is 11.1 Å². The van der Waals surface area contributed by atoms with Crippen LogP contribution in [0.15, 0.2) is 24.3 Å². The van der Waals surface area contributed by atoms with Gasteiger partial charge < -0.3 is 5.73 Å². The molecule has 0 spiro atoms. The van der Waals surface area contributed by atoms with Crippen molar-refractivity contribution >= 4 is 33.5 Å². The summed E-state index contributed by atoms with van der Waals surface area (Å²) < 4.78 is 26.8. The molecular weight excluding hydrogens is 312 g/mol. The molecule has 1 aromatic carbocycles. The molecule has 0 saturated carbocycles. The molecule has 3 N–H and O–H groups in total. The van der Waals surface area contributed by atoms with Gasteiger partial charge in [0.1, 0.15) is 0 Å². The molecule has 1 fully saturated rings. The van der Waals surface area contributed by atoms with Gasteiger partial charge in [-0.25, -0.2) is 13.1 Å². The molecule has 0 aromatic heterocycles. The maximum Gasteiger partial charge on any atom is 0.215 e. The average Bonchev–Trinajstić information content (AvgIpc) is 2.47. The minimum atomic E-state index is -3.26.